The Morgan fingerprint density at radius 3 is 2.42 bits per heavy atom. The summed E-state index contributed by atoms with van der Waals surface area (Å²) in [7, 11) is 0. The third-order valence-corrected chi connectivity index (χ3v) is 5.39. The summed E-state index contributed by atoms with van der Waals surface area (Å²) in [5.41, 5.74) is 15.5. The van der Waals surface area contributed by atoms with Gasteiger partial charge in [-0.05, 0) is 53.8 Å². The molecule has 0 aliphatic carbocycles. The fourth-order valence-corrected chi connectivity index (χ4v) is 3.73. The van der Waals surface area contributed by atoms with Crippen molar-refractivity contribution in [3.8, 4) is 22.6 Å². The van der Waals surface area contributed by atoms with E-state index in [1.165, 1.54) is 6.07 Å². The zero-order valence-electron chi connectivity index (χ0n) is 18.1. The van der Waals surface area contributed by atoms with Gasteiger partial charge in [-0.25, -0.2) is 0 Å². The largest absolute Gasteiger partial charge is 0.419 e. The van der Waals surface area contributed by atoms with Crippen molar-refractivity contribution in [1.29, 1.82) is 0 Å². The summed E-state index contributed by atoms with van der Waals surface area (Å²) in [5.74, 6) is -0.451. The SMILES string of the molecule is C[C@@](N)(Cc1ccccc1)c1nnc(-c2cc(C(=O)N=O)cc(-c3ccccc3CN)c2)o1. The zero-order valence-corrected chi connectivity index (χ0v) is 18.1. The third kappa shape index (κ3) is 4.77. The van der Waals surface area contributed by atoms with Crippen LogP contribution in [0.2, 0.25) is 0 Å². The Hall–Kier alpha value is -4.01. The van der Waals surface area contributed by atoms with E-state index in [0.29, 0.717) is 24.1 Å². The molecular formula is C25H23N5O3. The third-order valence-electron chi connectivity index (χ3n) is 5.39. The lowest BCUT2D eigenvalue weighted by atomic mass is 9.94. The van der Waals surface area contributed by atoms with E-state index in [1.54, 1.807) is 12.1 Å². The average Bonchev–Trinajstić information content (AvgIpc) is 3.35. The number of aromatic nitrogens is 2. The van der Waals surface area contributed by atoms with Gasteiger partial charge in [0, 0.05) is 22.8 Å². The van der Waals surface area contributed by atoms with Crippen LogP contribution >= 0.6 is 0 Å². The molecule has 4 aromatic rings. The monoisotopic (exact) mass is 441 g/mol. The minimum atomic E-state index is -0.903. The predicted octanol–water partition coefficient (Wildman–Crippen LogP) is 4.19. The van der Waals surface area contributed by atoms with Crippen molar-refractivity contribution >= 4 is 5.91 Å². The molecule has 0 bridgehead atoms. The Bertz CT molecular complexity index is 1300. The highest BCUT2D eigenvalue weighted by atomic mass is 16.4. The molecule has 1 atom stereocenters. The number of carbonyl (C=O) groups excluding carboxylic acids is 1. The van der Waals surface area contributed by atoms with Crippen LogP contribution in [-0.2, 0) is 18.5 Å². The number of nitroso groups, excluding NO2 is 1. The highest BCUT2D eigenvalue weighted by Crippen LogP contribution is 2.32. The van der Waals surface area contributed by atoms with E-state index >= 15 is 0 Å². The number of carbonyl (C=O) groups is 1. The Labute approximate surface area is 190 Å². The molecule has 3 aromatic carbocycles. The van der Waals surface area contributed by atoms with Crippen molar-refractivity contribution in [2.45, 2.75) is 25.4 Å². The Kier molecular flexibility index (Phi) is 6.21. The van der Waals surface area contributed by atoms with Crippen molar-refractivity contribution < 1.29 is 9.21 Å². The summed E-state index contributed by atoms with van der Waals surface area (Å²) in [4.78, 5) is 23.1. The molecule has 4 N–H and O–H groups in total. The summed E-state index contributed by atoms with van der Waals surface area (Å²) in [5, 5.41) is 10.9. The van der Waals surface area contributed by atoms with Gasteiger partial charge >= 0.3 is 5.91 Å². The van der Waals surface area contributed by atoms with E-state index in [2.05, 4.69) is 15.4 Å². The second-order valence-electron chi connectivity index (χ2n) is 8.05. The lowest BCUT2D eigenvalue weighted by Gasteiger charge is -2.20. The van der Waals surface area contributed by atoms with E-state index in [9.17, 15) is 9.70 Å². The van der Waals surface area contributed by atoms with Crippen LogP contribution < -0.4 is 11.5 Å². The molecule has 0 radical (unpaired) electrons. The van der Waals surface area contributed by atoms with Crippen LogP contribution in [0.1, 0.15) is 34.3 Å². The van der Waals surface area contributed by atoms with Crippen molar-refractivity contribution in [3.05, 3.63) is 100 Å². The molecule has 1 aromatic heterocycles. The molecule has 0 aliphatic rings. The first kappa shape index (κ1) is 22.2. The maximum Gasteiger partial charge on any atom is 0.316 e. The summed E-state index contributed by atoms with van der Waals surface area (Å²) in [6.07, 6.45) is 0.498. The van der Waals surface area contributed by atoms with E-state index in [1.807, 2.05) is 61.5 Å². The van der Waals surface area contributed by atoms with Crippen molar-refractivity contribution in [2.24, 2.45) is 16.6 Å². The maximum absolute atomic E-state index is 12.1. The number of hydrogen-bond donors (Lipinski definition) is 2. The van der Waals surface area contributed by atoms with Gasteiger partial charge in [0.15, 0.2) is 0 Å². The Morgan fingerprint density at radius 2 is 1.70 bits per heavy atom. The molecule has 1 amide bonds. The standard InChI is InChI=1S/C25H23N5O3/c1-25(27,14-16-7-3-2-4-8-16)24-29-28-23(33-24)20-12-18(11-19(13-20)22(31)30-32)21-10-6-5-9-17(21)15-26/h2-13H,14-15,26-27H2,1H3/t25-/m1/s1. The molecular weight excluding hydrogens is 418 g/mol. The van der Waals surface area contributed by atoms with Crippen molar-refractivity contribution in [2.75, 3.05) is 0 Å². The van der Waals surface area contributed by atoms with Crippen LogP contribution in [0.25, 0.3) is 22.6 Å². The number of rotatable bonds is 7. The fraction of sp³-hybridized carbons (Fsp3) is 0.160. The fourth-order valence-electron chi connectivity index (χ4n) is 3.73. The van der Waals surface area contributed by atoms with Crippen LogP contribution in [0, 0.1) is 4.91 Å². The summed E-state index contributed by atoms with van der Waals surface area (Å²) >= 11 is 0. The Morgan fingerprint density at radius 1 is 1.00 bits per heavy atom. The lowest BCUT2D eigenvalue weighted by Crippen LogP contribution is -2.35. The quantitative estimate of drug-likeness (QED) is 0.410. The van der Waals surface area contributed by atoms with Gasteiger partial charge in [-0.2, -0.15) is 0 Å². The lowest BCUT2D eigenvalue weighted by molar-refractivity contribution is 0.100. The predicted molar refractivity (Wildman–Crippen MR) is 125 cm³/mol. The summed E-state index contributed by atoms with van der Waals surface area (Å²) < 4.78 is 5.93. The second-order valence-corrected chi connectivity index (χ2v) is 8.05. The molecule has 0 spiro atoms. The van der Waals surface area contributed by atoms with Crippen LogP contribution in [-0.4, -0.2) is 16.1 Å². The van der Waals surface area contributed by atoms with Gasteiger partial charge in [0.1, 0.15) is 0 Å². The van der Waals surface area contributed by atoms with Crippen molar-refractivity contribution in [3.63, 3.8) is 0 Å². The van der Waals surface area contributed by atoms with Crippen LogP contribution in [0.15, 0.2) is 82.4 Å². The van der Waals surface area contributed by atoms with Crippen LogP contribution in [0.5, 0.6) is 0 Å². The molecule has 0 saturated heterocycles. The van der Waals surface area contributed by atoms with Gasteiger partial charge in [0.2, 0.25) is 11.8 Å². The van der Waals surface area contributed by atoms with E-state index in [0.717, 1.165) is 16.7 Å². The number of benzene rings is 3. The summed E-state index contributed by atoms with van der Waals surface area (Å²) in [6, 6.07) is 22.2. The molecule has 0 aliphatic heterocycles. The van der Waals surface area contributed by atoms with Crippen molar-refractivity contribution in [1.82, 2.24) is 10.2 Å². The topological polar surface area (TPSA) is 137 Å². The average molecular weight is 441 g/mol. The first-order chi connectivity index (χ1) is 15.9. The minimum Gasteiger partial charge on any atom is -0.419 e. The number of nitrogens with two attached hydrogens (primary N) is 2. The van der Waals surface area contributed by atoms with E-state index < -0.39 is 11.4 Å². The molecule has 8 nitrogen and oxygen atoms in total. The number of nitrogens with zero attached hydrogens (tertiary/aromatic N) is 3. The smallest absolute Gasteiger partial charge is 0.316 e. The zero-order chi connectivity index (χ0) is 23.4. The molecule has 0 saturated carbocycles. The normalized spacial score (nSPS) is 12.8. The molecule has 0 unspecified atom stereocenters. The molecule has 1 heterocycles. The van der Waals surface area contributed by atoms with Gasteiger partial charge in [-0.15, -0.1) is 15.1 Å². The second kappa shape index (κ2) is 9.23. The van der Waals surface area contributed by atoms with Crippen LogP contribution in [0.4, 0.5) is 0 Å². The van der Waals surface area contributed by atoms with E-state index in [4.69, 9.17) is 15.9 Å². The summed E-state index contributed by atoms with van der Waals surface area (Å²) in [6.45, 7) is 2.13. The highest BCUT2D eigenvalue weighted by molar-refractivity contribution is 5.97. The van der Waals surface area contributed by atoms with Gasteiger partial charge < -0.3 is 15.9 Å². The number of hydrogen-bond acceptors (Lipinski definition) is 7. The molecule has 33 heavy (non-hydrogen) atoms. The van der Waals surface area contributed by atoms with Gasteiger partial charge in [0.25, 0.3) is 0 Å². The molecule has 166 valence electrons. The van der Waals surface area contributed by atoms with Gasteiger partial charge in [-0.1, -0.05) is 54.6 Å². The first-order valence-electron chi connectivity index (χ1n) is 10.4. The first-order valence-corrected chi connectivity index (χ1v) is 10.4. The Balaban J connectivity index is 1.75. The van der Waals surface area contributed by atoms with Gasteiger partial charge in [-0.3, -0.25) is 4.79 Å². The molecule has 4 rings (SSSR count). The molecule has 8 heteroatoms. The van der Waals surface area contributed by atoms with Gasteiger partial charge in [0.05, 0.1) is 5.54 Å². The molecule has 0 fully saturated rings. The maximum atomic E-state index is 12.1. The highest BCUT2D eigenvalue weighted by Gasteiger charge is 2.29. The van der Waals surface area contributed by atoms with E-state index in [-0.39, 0.29) is 17.3 Å². The number of amides is 1. The van der Waals surface area contributed by atoms with Crippen LogP contribution in [0.3, 0.4) is 0 Å². The minimum absolute atomic E-state index is 0.115.